The summed E-state index contributed by atoms with van der Waals surface area (Å²) in [5.74, 6) is 4.77. The average molecular weight is 194 g/mol. The second-order valence-electron chi connectivity index (χ2n) is 0.649. The molecular formula is C4H3IO. The van der Waals surface area contributed by atoms with E-state index in [9.17, 15) is 4.79 Å². The van der Waals surface area contributed by atoms with E-state index in [1.54, 1.807) is 29.5 Å². The Morgan fingerprint density at radius 1 is 1.83 bits per heavy atom. The third-order valence-corrected chi connectivity index (χ3v) is 0.493. The molecule has 0 aliphatic rings. The Kier molecular flexibility index (Phi) is 3.14. The van der Waals surface area contributed by atoms with Gasteiger partial charge in [-0.2, -0.15) is 0 Å². The molecule has 0 radical (unpaired) electrons. The lowest BCUT2D eigenvalue weighted by atomic mass is 10.7. The molecule has 0 rings (SSSR count). The summed E-state index contributed by atoms with van der Waals surface area (Å²) >= 11 is 1.63. The fraction of sp³-hybridized carbons (Fsp3) is 0.250. The molecule has 0 unspecified atom stereocenters. The molecule has 0 saturated heterocycles. The van der Waals surface area contributed by atoms with Gasteiger partial charge in [0.1, 0.15) is 0 Å². The monoisotopic (exact) mass is 194 g/mol. The average Bonchev–Trinajstić information content (AvgIpc) is 1.35. The molecular weight excluding hydrogens is 191 g/mol. The van der Waals surface area contributed by atoms with Crippen LogP contribution in [0.1, 0.15) is 6.92 Å². The quantitative estimate of drug-likeness (QED) is 0.319. The van der Waals surface area contributed by atoms with Crippen LogP contribution in [-0.4, -0.2) is 3.79 Å². The van der Waals surface area contributed by atoms with Gasteiger partial charge in [-0.05, 0) is 12.8 Å². The van der Waals surface area contributed by atoms with Crippen LogP contribution in [0.15, 0.2) is 0 Å². The van der Waals surface area contributed by atoms with Gasteiger partial charge in [0.25, 0.3) is 3.79 Å². The fourth-order valence-corrected chi connectivity index (χ4v) is 0.368. The molecule has 0 heterocycles. The number of halogens is 1. The summed E-state index contributed by atoms with van der Waals surface area (Å²) in [6.45, 7) is 1.64. The Morgan fingerprint density at radius 2 is 2.33 bits per heavy atom. The number of hydrogen-bond acceptors (Lipinski definition) is 1. The number of carbonyl (C=O) groups is 1. The van der Waals surface area contributed by atoms with E-state index < -0.39 is 0 Å². The van der Waals surface area contributed by atoms with Gasteiger partial charge in [0.05, 0.1) is 0 Å². The van der Waals surface area contributed by atoms with Gasteiger partial charge in [0.2, 0.25) is 0 Å². The van der Waals surface area contributed by atoms with Crippen molar-refractivity contribution in [3.63, 3.8) is 0 Å². The third-order valence-electron chi connectivity index (χ3n) is 0.223. The van der Waals surface area contributed by atoms with Crippen molar-refractivity contribution >= 4 is 26.4 Å². The summed E-state index contributed by atoms with van der Waals surface area (Å²) in [7, 11) is 0. The lowest BCUT2D eigenvalue weighted by molar-refractivity contribution is -0.104. The van der Waals surface area contributed by atoms with Crippen molar-refractivity contribution in [2.75, 3.05) is 0 Å². The summed E-state index contributed by atoms with van der Waals surface area (Å²) in [6, 6.07) is 0. The molecule has 2 heteroatoms. The lowest BCUT2D eigenvalue weighted by Crippen LogP contribution is -1.70. The van der Waals surface area contributed by atoms with Crippen LogP contribution in [-0.2, 0) is 4.79 Å². The van der Waals surface area contributed by atoms with Crippen molar-refractivity contribution in [2.45, 2.75) is 6.92 Å². The van der Waals surface area contributed by atoms with Crippen LogP contribution in [0.2, 0.25) is 0 Å². The van der Waals surface area contributed by atoms with Crippen molar-refractivity contribution in [1.29, 1.82) is 0 Å². The maximum Gasteiger partial charge on any atom is 0.264 e. The first-order chi connectivity index (χ1) is 2.77. The molecule has 0 aliphatic heterocycles. The second kappa shape index (κ2) is 3.16. The van der Waals surface area contributed by atoms with Crippen molar-refractivity contribution < 1.29 is 4.79 Å². The molecule has 1 nitrogen and oxygen atoms in total. The van der Waals surface area contributed by atoms with E-state index in [0.29, 0.717) is 0 Å². The zero-order valence-corrected chi connectivity index (χ0v) is 5.44. The van der Waals surface area contributed by atoms with Crippen LogP contribution in [0, 0.1) is 11.8 Å². The standard InChI is InChI=1S/C4H3IO/c1-2-3-4(5)6/h1H3. The van der Waals surface area contributed by atoms with Crippen molar-refractivity contribution in [2.24, 2.45) is 0 Å². The highest BCUT2D eigenvalue weighted by Crippen LogP contribution is 1.78. The predicted molar refractivity (Wildman–Crippen MR) is 32.5 cm³/mol. The van der Waals surface area contributed by atoms with E-state index in [-0.39, 0.29) is 3.79 Å². The van der Waals surface area contributed by atoms with Crippen LogP contribution in [0.25, 0.3) is 0 Å². The molecule has 0 spiro atoms. The van der Waals surface area contributed by atoms with Gasteiger partial charge in [-0.25, -0.2) is 0 Å². The molecule has 0 N–H and O–H groups in total. The molecule has 0 bridgehead atoms. The van der Waals surface area contributed by atoms with E-state index in [0.717, 1.165) is 0 Å². The molecule has 6 heavy (non-hydrogen) atoms. The molecule has 0 aromatic heterocycles. The minimum absolute atomic E-state index is 0.102. The van der Waals surface area contributed by atoms with Crippen LogP contribution in [0.3, 0.4) is 0 Å². The van der Waals surface area contributed by atoms with Crippen LogP contribution < -0.4 is 0 Å². The summed E-state index contributed by atoms with van der Waals surface area (Å²) in [6.07, 6.45) is 0. The van der Waals surface area contributed by atoms with Gasteiger partial charge in [-0.3, -0.25) is 4.79 Å². The molecule has 0 atom stereocenters. The highest BCUT2D eigenvalue weighted by molar-refractivity contribution is 14.1. The summed E-state index contributed by atoms with van der Waals surface area (Å²) in [5.41, 5.74) is 0. The van der Waals surface area contributed by atoms with Crippen molar-refractivity contribution in [3.05, 3.63) is 0 Å². The molecule has 0 aliphatic carbocycles. The maximum atomic E-state index is 9.86. The third kappa shape index (κ3) is 3.96. The lowest BCUT2D eigenvalue weighted by Gasteiger charge is -1.59. The summed E-state index contributed by atoms with van der Waals surface area (Å²) in [4.78, 5) is 9.86. The largest absolute Gasteiger partial charge is 0.273 e. The molecule has 32 valence electrons. The first-order valence-electron chi connectivity index (χ1n) is 1.39. The minimum Gasteiger partial charge on any atom is -0.273 e. The second-order valence-corrected chi connectivity index (χ2v) is 1.63. The Labute approximate surface area is 50.3 Å². The van der Waals surface area contributed by atoms with Crippen molar-refractivity contribution in [3.8, 4) is 11.8 Å². The van der Waals surface area contributed by atoms with E-state index in [4.69, 9.17) is 0 Å². The van der Waals surface area contributed by atoms with E-state index in [1.807, 2.05) is 0 Å². The Hall–Kier alpha value is -0.0400. The summed E-state index contributed by atoms with van der Waals surface area (Å²) in [5, 5.41) is 0. The van der Waals surface area contributed by atoms with Gasteiger partial charge in [0.15, 0.2) is 0 Å². The minimum atomic E-state index is -0.102. The van der Waals surface area contributed by atoms with Crippen LogP contribution >= 0.6 is 22.6 Å². The van der Waals surface area contributed by atoms with Gasteiger partial charge in [0, 0.05) is 22.6 Å². The molecule has 0 aromatic rings. The van der Waals surface area contributed by atoms with Gasteiger partial charge < -0.3 is 0 Å². The zero-order valence-electron chi connectivity index (χ0n) is 3.29. The predicted octanol–water partition coefficient (Wildman–Crippen LogP) is 0.971. The molecule has 0 saturated carbocycles. The number of carbonyl (C=O) groups excluding carboxylic acids is 1. The summed E-state index contributed by atoms with van der Waals surface area (Å²) < 4.78 is -0.102. The SMILES string of the molecule is CC#CC(=O)I. The molecule has 0 aromatic carbocycles. The van der Waals surface area contributed by atoms with Gasteiger partial charge in [-0.15, -0.1) is 0 Å². The first kappa shape index (κ1) is 5.96. The fourth-order valence-electron chi connectivity index (χ4n) is 0.0983. The van der Waals surface area contributed by atoms with Crippen LogP contribution in [0.4, 0.5) is 0 Å². The van der Waals surface area contributed by atoms with Crippen LogP contribution in [0.5, 0.6) is 0 Å². The molecule has 0 fully saturated rings. The smallest absolute Gasteiger partial charge is 0.264 e. The Balaban J connectivity index is 3.50. The first-order valence-corrected chi connectivity index (χ1v) is 2.47. The highest BCUT2D eigenvalue weighted by atomic mass is 127. The normalized spacial score (nSPS) is 5.67. The zero-order chi connectivity index (χ0) is 4.99. The van der Waals surface area contributed by atoms with Gasteiger partial charge in [-0.1, -0.05) is 5.92 Å². The number of rotatable bonds is 0. The van der Waals surface area contributed by atoms with E-state index in [2.05, 4.69) is 11.8 Å². The van der Waals surface area contributed by atoms with Gasteiger partial charge >= 0.3 is 0 Å². The van der Waals surface area contributed by atoms with E-state index >= 15 is 0 Å². The maximum absolute atomic E-state index is 9.86. The topological polar surface area (TPSA) is 17.1 Å². The Bertz CT molecular complexity index is 106. The number of hydrogen-bond donors (Lipinski definition) is 0. The highest BCUT2D eigenvalue weighted by Gasteiger charge is 1.75. The molecule has 0 amide bonds. The van der Waals surface area contributed by atoms with E-state index in [1.165, 1.54) is 0 Å². The Morgan fingerprint density at radius 3 is 2.33 bits per heavy atom. The van der Waals surface area contributed by atoms with Crippen molar-refractivity contribution in [1.82, 2.24) is 0 Å².